The Morgan fingerprint density at radius 1 is 1.40 bits per heavy atom. The third-order valence-electron chi connectivity index (χ3n) is 2.85. The number of amides is 1. The number of ether oxygens (including phenoxy) is 2. The van der Waals surface area contributed by atoms with E-state index in [9.17, 15) is 13.6 Å². The number of nitrogens with one attached hydrogen (secondary N) is 1. The number of carbonyl (C=O) groups excluding carboxylic acids is 1. The van der Waals surface area contributed by atoms with Gasteiger partial charge in [-0.15, -0.1) is 11.6 Å². The average Bonchev–Trinajstić information content (AvgIpc) is 3.21. The zero-order valence-electron chi connectivity index (χ0n) is 10.7. The van der Waals surface area contributed by atoms with Crippen LogP contribution in [0.3, 0.4) is 0 Å². The maximum absolute atomic E-state index is 12.3. The van der Waals surface area contributed by atoms with Crippen LogP contribution in [0, 0.1) is 0 Å². The maximum Gasteiger partial charge on any atom is 0.387 e. The summed E-state index contributed by atoms with van der Waals surface area (Å²) in [5.74, 6) is -0.340. The minimum Gasteiger partial charge on any atom is -0.493 e. The van der Waals surface area contributed by atoms with Crippen LogP contribution in [-0.4, -0.2) is 25.7 Å². The van der Waals surface area contributed by atoms with Gasteiger partial charge in [0, 0.05) is 6.04 Å². The molecule has 1 atom stereocenters. The summed E-state index contributed by atoms with van der Waals surface area (Å²) in [6.45, 7) is -2.98. The standard InChI is InChI=1S/C13H14ClF2NO3/c1-19-9-5-2-7(6-10(9)20-13(15)16)11(14)12(18)17-8-3-4-8/h2,5-6,8,11,13H,3-4H2,1H3,(H,17,18). The molecule has 1 aliphatic rings. The average molecular weight is 306 g/mol. The molecule has 0 saturated heterocycles. The highest BCUT2D eigenvalue weighted by molar-refractivity contribution is 6.30. The lowest BCUT2D eigenvalue weighted by molar-refractivity contribution is -0.121. The van der Waals surface area contributed by atoms with E-state index in [-0.39, 0.29) is 23.4 Å². The minimum atomic E-state index is -2.98. The van der Waals surface area contributed by atoms with Gasteiger partial charge in [-0.25, -0.2) is 0 Å². The Morgan fingerprint density at radius 2 is 2.10 bits per heavy atom. The third-order valence-corrected chi connectivity index (χ3v) is 3.30. The molecule has 110 valence electrons. The summed E-state index contributed by atoms with van der Waals surface area (Å²) in [5.41, 5.74) is 0.376. The Morgan fingerprint density at radius 3 is 2.65 bits per heavy atom. The molecule has 2 rings (SSSR count). The largest absolute Gasteiger partial charge is 0.493 e. The van der Waals surface area contributed by atoms with E-state index in [2.05, 4.69) is 10.1 Å². The van der Waals surface area contributed by atoms with Gasteiger partial charge in [-0.1, -0.05) is 6.07 Å². The summed E-state index contributed by atoms with van der Waals surface area (Å²) in [5, 5.41) is 1.79. The molecule has 0 aromatic heterocycles. The highest BCUT2D eigenvalue weighted by atomic mass is 35.5. The molecule has 1 fully saturated rings. The van der Waals surface area contributed by atoms with E-state index in [0.717, 1.165) is 12.8 Å². The first-order chi connectivity index (χ1) is 9.51. The third kappa shape index (κ3) is 3.72. The van der Waals surface area contributed by atoms with Gasteiger partial charge in [0.15, 0.2) is 11.5 Å². The number of hydrogen-bond donors (Lipinski definition) is 1. The van der Waals surface area contributed by atoms with Gasteiger partial charge < -0.3 is 14.8 Å². The second-order valence-corrected chi connectivity index (χ2v) is 4.87. The summed E-state index contributed by atoms with van der Waals surface area (Å²) >= 11 is 6.04. The Bertz CT molecular complexity index is 495. The van der Waals surface area contributed by atoms with Gasteiger partial charge >= 0.3 is 6.61 Å². The Kier molecular flexibility index (Phi) is 4.65. The molecule has 1 aromatic carbocycles. The topological polar surface area (TPSA) is 47.6 Å². The first-order valence-electron chi connectivity index (χ1n) is 6.08. The van der Waals surface area contributed by atoms with Crippen molar-refractivity contribution < 1.29 is 23.0 Å². The molecule has 0 bridgehead atoms. The van der Waals surface area contributed by atoms with Crippen LogP contribution in [0.15, 0.2) is 18.2 Å². The monoisotopic (exact) mass is 305 g/mol. The normalized spacial score (nSPS) is 15.8. The van der Waals surface area contributed by atoms with Gasteiger partial charge in [0.25, 0.3) is 0 Å². The van der Waals surface area contributed by atoms with Gasteiger partial charge in [0.1, 0.15) is 5.38 Å². The molecule has 0 aliphatic heterocycles. The molecule has 20 heavy (non-hydrogen) atoms. The van der Waals surface area contributed by atoms with Crippen LogP contribution in [0.25, 0.3) is 0 Å². The first-order valence-corrected chi connectivity index (χ1v) is 6.52. The maximum atomic E-state index is 12.3. The molecule has 7 heteroatoms. The molecule has 0 radical (unpaired) electrons. The molecule has 0 heterocycles. The van der Waals surface area contributed by atoms with Crippen molar-refractivity contribution >= 4 is 17.5 Å². The van der Waals surface area contributed by atoms with Crippen LogP contribution in [0.5, 0.6) is 11.5 Å². The number of halogens is 3. The Balaban J connectivity index is 2.15. The number of hydrogen-bond acceptors (Lipinski definition) is 3. The number of benzene rings is 1. The fourth-order valence-corrected chi connectivity index (χ4v) is 1.89. The van der Waals surface area contributed by atoms with Crippen LogP contribution in [-0.2, 0) is 4.79 Å². The van der Waals surface area contributed by atoms with Gasteiger partial charge in [0.2, 0.25) is 5.91 Å². The molecule has 1 aliphatic carbocycles. The molecular formula is C13H14ClF2NO3. The van der Waals surface area contributed by atoms with Crippen LogP contribution >= 0.6 is 11.6 Å². The van der Waals surface area contributed by atoms with E-state index < -0.39 is 12.0 Å². The number of methoxy groups -OCH3 is 1. The second-order valence-electron chi connectivity index (χ2n) is 4.43. The molecule has 1 saturated carbocycles. The minimum absolute atomic E-state index is 0.148. The number of rotatable bonds is 6. The van der Waals surface area contributed by atoms with Gasteiger partial charge in [-0.2, -0.15) is 8.78 Å². The summed E-state index contributed by atoms with van der Waals surface area (Å²) in [6, 6.07) is 4.45. The molecule has 1 N–H and O–H groups in total. The summed E-state index contributed by atoms with van der Waals surface area (Å²) in [4.78, 5) is 11.8. The van der Waals surface area contributed by atoms with E-state index in [1.54, 1.807) is 6.07 Å². The van der Waals surface area contributed by atoms with Crippen LogP contribution < -0.4 is 14.8 Å². The molecule has 1 unspecified atom stereocenters. The zero-order valence-corrected chi connectivity index (χ0v) is 11.5. The van der Waals surface area contributed by atoms with Crippen LogP contribution in [0.4, 0.5) is 8.78 Å². The number of carbonyl (C=O) groups is 1. The lowest BCUT2D eigenvalue weighted by atomic mass is 10.1. The fraction of sp³-hybridized carbons (Fsp3) is 0.462. The van der Waals surface area contributed by atoms with Gasteiger partial charge in [-0.3, -0.25) is 4.79 Å². The summed E-state index contributed by atoms with van der Waals surface area (Å²) < 4.78 is 33.9. The number of alkyl halides is 3. The SMILES string of the molecule is COc1ccc(C(Cl)C(=O)NC2CC2)cc1OC(F)F. The molecule has 4 nitrogen and oxygen atoms in total. The second kappa shape index (κ2) is 6.26. The van der Waals surface area contributed by atoms with Crippen LogP contribution in [0.1, 0.15) is 23.8 Å². The zero-order chi connectivity index (χ0) is 14.7. The van der Waals surface area contributed by atoms with E-state index in [0.29, 0.717) is 5.56 Å². The fourth-order valence-electron chi connectivity index (χ4n) is 1.69. The molecule has 1 aromatic rings. The molecule has 1 amide bonds. The van der Waals surface area contributed by atoms with Crippen molar-refractivity contribution in [3.05, 3.63) is 23.8 Å². The lowest BCUT2D eigenvalue weighted by Crippen LogP contribution is -2.28. The molecule has 0 spiro atoms. The highest BCUT2D eigenvalue weighted by Gasteiger charge is 2.27. The predicted molar refractivity (Wildman–Crippen MR) is 69.4 cm³/mol. The van der Waals surface area contributed by atoms with Crippen molar-refractivity contribution in [1.82, 2.24) is 5.32 Å². The predicted octanol–water partition coefficient (Wildman–Crippen LogP) is 2.86. The van der Waals surface area contributed by atoms with Gasteiger partial charge in [-0.05, 0) is 30.5 Å². The van der Waals surface area contributed by atoms with Crippen LogP contribution in [0.2, 0.25) is 0 Å². The lowest BCUT2D eigenvalue weighted by Gasteiger charge is -2.14. The Labute approximate surface area is 120 Å². The van der Waals surface area contributed by atoms with Crippen molar-refractivity contribution in [2.24, 2.45) is 0 Å². The van der Waals surface area contributed by atoms with Crippen molar-refractivity contribution in [2.45, 2.75) is 30.9 Å². The van der Waals surface area contributed by atoms with E-state index >= 15 is 0 Å². The summed E-state index contributed by atoms with van der Waals surface area (Å²) in [6.07, 6.45) is 1.88. The smallest absolute Gasteiger partial charge is 0.387 e. The van der Waals surface area contributed by atoms with Crippen molar-refractivity contribution in [1.29, 1.82) is 0 Å². The van der Waals surface area contributed by atoms with Crippen molar-refractivity contribution in [3.8, 4) is 11.5 Å². The highest BCUT2D eigenvalue weighted by Crippen LogP contribution is 2.34. The quantitative estimate of drug-likeness (QED) is 0.822. The molecular weight excluding hydrogens is 292 g/mol. The van der Waals surface area contributed by atoms with Gasteiger partial charge in [0.05, 0.1) is 7.11 Å². The van der Waals surface area contributed by atoms with E-state index in [1.807, 2.05) is 0 Å². The van der Waals surface area contributed by atoms with E-state index in [1.165, 1.54) is 19.2 Å². The first kappa shape index (κ1) is 14.8. The Hall–Kier alpha value is -1.56. The van der Waals surface area contributed by atoms with Crippen molar-refractivity contribution in [3.63, 3.8) is 0 Å². The summed E-state index contributed by atoms with van der Waals surface area (Å²) in [7, 11) is 1.34. The van der Waals surface area contributed by atoms with E-state index in [4.69, 9.17) is 16.3 Å². The van der Waals surface area contributed by atoms with Crippen molar-refractivity contribution in [2.75, 3.05) is 7.11 Å².